The van der Waals surface area contributed by atoms with Crippen LogP contribution in [-0.2, 0) is 24.6 Å². The van der Waals surface area contributed by atoms with Crippen LogP contribution in [0.1, 0.15) is 57.7 Å². The molecule has 0 aliphatic carbocycles. The van der Waals surface area contributed by atoms with Crippen molar-refractivity contribution in [3.05, 3.63) is 17.5 Å². The van der Waals surface area contributed by atoms with E-state index >= 15 is 0 Å². The Morgan fingerprint density at radius 3 is 2.43 bits per heavy atom. The minimum Gasteiger partial charge on any atom is -0.357 e. The molecule has 0 aromatic carbocycles. The van der Waals surface area contributed by atoms with Crippen molar-refractivity contribution >= 4 is 11.9 Å². The molecule has 0 radical (unpaired) electrons. The molecular formula is C20H33F3N6O. The highest BCUT2D eigenvalue weighted by Crippen LogP contribution is 2.30. The first-order valence-corrected chi connectivity index (χ1v) is 10.6. The lowest BCUT2D eigenvalue weighted by molar-refractivity contribution is -0.142. The number of aliphatic imine (C=N–C) groups is 1. The lowest BCUT2D eigenvalue weighted by atomic mass is 9.98. The second kappa shape index (κ2) is 10.7. The number of halogens is 3. The molecule has 10 heteroatoms. The monoisotopic (exact) mass is 430 g/mol. The molecule has 1 amide bonds. The van der Waals surface area contributed by atoms with Crippen molar-refractivity contribution in [2.45, 2.75) is 65.2 Å². The molecule has 7 nitrogen and oxygen atoms in total. The Hall–Kier alpha value is -2.26. The number of carbonyl (C=O) groups excluding carboxylic acids is 1. The lowest BCUT2D eigenvalue weighted by Gasteiger charge is -2.34. The minimum atomic E-state index is -4.51. The van der Waals surface area contributed by atoms with Crippen molar-refractivity contribution in [2.24, 2.45) is 18.0 Å². The van der Waals surface area contributed by atoms with E-state index in [1.807, 2.05) is 25.7 Å². The van der Waals surface area contributed by atoms with Gasteiger partial charge in [-0.25, -0.2) is 4.99 Å². The number of guanidine groups is 1. The second-order valence-corrected chi connectivity index (χ2v) is 7.63. The molecule has 1 saturated heterocycles. The number of aryl methyl sites for hydroxylation is 1. The summed E-state index contributed by atoms with van der Waals surface area (Å²) < 4.78 is 40.5. The van der Waals surface area contributed by atoms with Gasteiger partial charge in [0, 0.05) is 50.4 Å². The minimum absolute atomic E-state index is 0.0350. The van der Waals surface area contributed by atoms with E-state index < -0.39 is 11.9 Å². The van der Waals surface area contributed by atoms with Gasteiger partial charge in [-0.15, -0.1) is 0 Å². The SMILES string of the molecule is CCNC(=NCc1cn(C)nc1C(F)(F)F)NC1CCN(C(=O)C(CC)CC)CC1. The molecule has 1 aromatic rings. The molecule has 1 aliphatic heterocycles. The van der Waals surface area contributed by atoms with Gasteiger partial charge < -0.3 is 15.5 Å². The van der Waals surface area contributed by atoms with Crippen LogP contribution in [0.25, 0.3) is 0 Å². The second-order valence-electron chi connectivity index (χ2n) is 7.63. The number of alkyl halides is 3. The van der Waals surface area contributed by atoms with E-state index in [9.17, 15) is 18.0 Å². The molecule has 30 heavy (non-hydrogen) atoms. The summed E-state index contributed by atoms with van der Waals surface area (Å²) in [5.41, 5.74) is -0.870. The number of amides is 1. The number of hydrogen-bond donors (Lipinski definition) is 2. The molecule has 1 fully saturated rings. The smallest absolute Gasteiger partial charge is 0.357 e. The van der Waals surface area contributed by atoms with Crippen molar-refractivity contribution in [2.75, 3.05) is 19.6 Å². The van der Waals surface area contributed by atoms with Crippen molar-refractivity contribution < 1.29 is 18.0 Å². The van der Waals surface area contributed by atoms with Crippen molar-refractivity contribution in [1.29, 1.82) is 0 Å². The first-order chi connectivity index (χ1) is 14.2. The van der Waals surface area contributed by atoms with Gasteiger partial charge in [0.15, 0.2) is 11.7 Å². The molecular weight excluding hydrogens is 397 g/mol. The summed E-state index contributed by atoms with van der Waals surface area (Å²) in [6, 6.07) is 0.115. The average molecular weight is 431 g/mol. The maximum Gasteiger partial charge on any atom is 0.435 e. The Labute approximate surface area is 176 Å². The van der Waals surface area contributed by atoms with Crippen molar-refractivity contribution in [3.63, 3.8) is 0 Å². The number of nitrogens with zero attached hydrogens (tertiary/aromatic N) is 4. The van der Waals surface area contributed by atoms with Gasteiger partial charge in [0.25, 0.3) is 0 Å². The summed E-state index contributed by atoms with van der Waals surface area (Å²) >= 11 is 0. The van der Waals surface area contributed by atoms with Gasteiger partial charge >= 0.3 is 6.18 Å². The highest BCUT2D eigenvalue weighted by Gasteiger charge is 2.36. The maximum absolute atomic E-state index is 13.1. The molecule has 2 heterocycles. The Morgan fingerprint density at radius 1 is 1.27 bits per heavy atom. The van der Waals surface area contributed by atoms with Crippen molar-refractivity contribution in [3.8, 4) is 0 Å². The highest BCUT2D eigenvalue weighted by molar-refractivity contribution is 5.80. The van der Waals surface area contributed by atoms with Crippen LogP contribution in [0.3, 0.4) is 0 Å². The predicted octanol–water partition coefficient (Wildman–Crippen LogP) is 2.92. The molecule has 170 valence electrons. The number of likely N-dealkylation sites (tertiary alicyclic amines) is 1. The van der Waals surface area contributed by atoms with Gasteiger partial charge in [0.05, 0.1) is 6.54 Å². The Balaban J connectivity index is 1.98. The normalized spacial score (nSPS) is 16.3. The van der Waals surface area contributed by atoms with E-state index in [1.165, 1.54) is 13.2 Å². The fourth-order valence-corrected chi connectivity index (χ4v) is 3.71. The van der Waals surface area contributed by atoms with Crippen LogP contribution in [0.5, 0.6) is 0 Å². The van der Waals surface area contributed by atoms with Gasteiger partial charge in [-0.05, 0) is 32.6 Å². The number of carbonyl (C=O) groups is 1. The van der Waals surface area contributed by atoms with E-state index in [0.717, 1.165) is 30.4 Å². The van der Waals surface area contributed by atoms with Crippen LogP contribution in [0, 0.1) is 5.92 Å². The van der Waals surface area contributed by atoms with E-state index in [4.69, 9.17) is 0 Å². The first-order valence-electron chi connectivity index (χ1n) is 10.6. The molecule has 2 rings (SSSR count). The van der Waals surface area contributed by atoms with E-state index in [1.54, 1.807) is 0 Å². The molecule has 1 aromatic heterocycles. The van der Waals surface area contributed by atoms with Gasteiger partial charge in [-0.3, -0.25) is 9.48 Å². The number of aromatic nitrogens is 2. The van der Waals surface area contributed by atoms with Gasteiger partial charge in [-0.1, -0.05) is 13.8 Å². The molecule has 0 bridgehead atoms. The number of rotatable bonds is 7. The fourth-order valence-electron chi connectivity index (χ4n) is 3.71. The fraction of sp³-hybridized carbons (Fsp3) is 0.750. The highest BCUT2D eigenvalue weighted by atomic mass is 19.4. The van der Waals surface area contributed by atoms with Crippen LogP contribution < -0.4 is 10.6 Å². The summed E-state index contributed by atoms with van der Waals surface area (Å²) in [6.07, 6.45) is 0.0793. The molecule has 0 atom stereocenters. The number of hydrogen-bond acceptors (Lipinski definition) is 3. The zero-order valence-corrected chi connectivity index (χ0v) is 18.2. The van der Waals surface area contributed by atoms with Gasteiger partial charge in [0.1, 0.15) is 0 Å². The summed E-state index contributed by atoms with van der Waals surface area (Å²) in [6.45, 7) is 7.79. The first kappa shape index (κ1) is 24.0. The van der Waals surface area contributed by atoms with Gasteiger partial charge in [-0.2, -0.15) is 18.3 Å². The average Bonchev–Trinajstić information content (AvgIpc) is 3.09. The summed E-state index contributed by atoms with van der Waals surface area (Å²) in [5, 5.41) is 9.91. The van der Waals surface area contributed by atoms with Crippen molar-refractivity contribution in [1.82, 2.24) is 25.3 Å². The molecule has 0 saturated carbocycles. The standard InChI is InChI=1S/C20H33F3N6O/c1-5-14(6-2)18(30)29-10-8-16(9-11-29)26-19(24-7-3)25-12-15-13-28(4)27-17(15)20(21,22)23/h13-14,16H,5-12H2,1-4H3,(H2,24,25,26). The van der Waals surface area contributed by atoms with Gasteiger partial charge in [0.2, 0.25) is 5.91 Å². The maximum atomic E-state index is 13.1. The van der Waals surface area contributed by atoms with Crippen LogP contribution in [0.4, 0.5) is 13.2 Å². The van der Waals surface area contributed by atoms with Crippen LogP contribution in [0.15, 0.2) is 11.2 Å². The quantitative estimate of drug-likeness (QED) is 0.515. The van der Waals surface area contributed by atoms with E-state index in [2.05, 4.69) is 20.7 Å². The molecule has 0 unspecified atom stereocenters. The number of nitrogens with one attached hydrogen (secondary N) is 2. The third-order valence-electron chi connectivity index (χ3n) is 5.41. The van der Waals surface area contributed by atoms with Crippen LogP contribution >= 0.6 is 0 Å². The molecule has 1 aliphatic rings. The molecule has 0 spiro atoms. The summed E-state index contributed by atoms with van der Waals surface area (Å²) in [4.78, 5) is 18.8. The number of piperidine rings is 1. The Morgan fingerprint density at radius 2 is 1.90 bits per heavy atom. The lowest BCUT2D eigenvalue weighted by Crippen LogP contribution is -2.50. The predicted molar refractivity (Wildman–Crippen MR) is 110 cm³/mol. The Bertz CT molecular complexity index is 719. The van der Waals surface area contributed by atoms with Crippen LogP contribution in [-0.4, -0.2) is 52.2 Å². The zero-order chi connectivity index (χ0) is 22.3. The zero-order valence-electron chi connectivity index (χ0n) is 18.2. The summed E-state index contributed by atoms with van der Waals surface area (Å²) in [7, 11) is 1.46. The topological polar surface area (TPSA) is 74.6 Å². The Kier molecular flexibility index (Phi) is 8.54. The third kappa shape index (κ3) is 6.37. The van der Waals surface area contributed by atoms with E-state index in [0.29, 0.717) is 25.6 Å². The summed E-state index contributed by atoms with van der Waals surface area (Å²) in [5.74, 6) is 0.769. The largest absolute Gasteiger partial charge is 0.435 e. The molecule has 2 N–H and O–H groups in total. The van der Waals surface area contributed by atoms with E-state index in [-0.39, 0.29) is 30.0 Å². The van der Waals surface area contributed by atoms with Crippen LogP contribution in [0.2, 0.25) is 0 Å². The third-order valence-corrected chi connectivity index (χ3v) is 5.41.